The zero-order valence-electron chi connectivity index (χ0n) is 12.7. The van der Waals surface area contributed by atoms with Crippen molar-refractivity contribution in [2.75, 3.05) is 0 Å². The number of carbonyl (C=O) groups is 1. The summed E-state index contributed by atoms with van der Waals surface area (Å²) in [6, 6.07) is 12.3. The van der Waals surface area contributed by atoms with Gasteiger partial charge in [0.2, 0.25) is 0 Å². The Balaban J connectivity index is 1.73. The molecule has 1 heterocycles. The molecular formula is C19H14F2N2O. The lowest BCUT2D eigenvalue weighted by atomic mass is 9.82. The summed E-state index contributed by atoms with van der Waals surface area (Å²) in [5.41, 5.74) is 3.07. The Morgan fingerprint density at radius 3 is 2.21 bits per heavy atom. The molecule has 0 spiro atoms. The van der Waals surface area contributed by atoms with Crippen molar-refractivity contribution in [3.63, 3.8) is 0 Å². The van der Waals surface area contributed by atoms with Crippen molar-refractivity contribution in [3.8, 4) is 5.69 Å². The van der Waals surface area contributed by atoms with Crippen LogP contribution < -0.4 is 0 Å². The van der Waals surface area contributed by atoms with E-state index >= 15 is 0 Å². The summed E-state index contributed by atoms with van der Waals surface area (Å²) < 4.78 is 27.9. The first-order chi connectivity index (χ1) is 11.6. The minimum absolute atomic E-state index is 0.0125. The SMILES string of the molecule is O=C1CC(c2ccc(F)cc2)Cc2c1cnn2-c1ccc(F)cc1. The third kappa shape index (κ3) is 2.52. The van der Waals surface area contributed by atoms with Gasteiger partial charge < -0.3 is 0 Å². The fourth-order valence-electron chi connectivity index (χ4n) is 3.22. The van der Waals surface area contributed by atoms with Crippen molar-refractivity contribution >= 4 is 5.78 Å². The van der Waals surface area contributed by atoms with Crippen LogP contribution in [-0.4, -0.2) is 15.6 Å². The highest BCUT2D eigenvalue weighted by molar-refractivity contribution is 5.98. The number of nitrogens with zero attached hydrogens (tertiary/aromatic N) is 2. The van der Waals surface area contributed by atoms with E-state index in [1.807, 2.05) is 0 Å². The summed E-state index contributed by atoms with van der Waals surface area (Å²) in [4.78, 5) is 12.4. The summed E-state index contributed by atoms with van der Waals surface area (Å²) in [6.45, 7) is 0. The number of Topliss-reactive ketones (excluding diaryl/α,β-unsaturated/α-hetero) is 1. The van der Waals surface area contributed by atoms with Gasteiger partial charge in [-0.15, -0.1) is 0 Å². The molecule has 1 unspecified atom stereocenters. The quantitative estimate of drug-likeness (QED) is 0.712. The van der Waals surface area contributed by atoms with Gasteiger partial charge in [0, 0.05) is 6.42 Å². The van der Waals surface area contributed by atoms with Gasteiger partial charge in [-0.3, -0.25) is 4.79 Å². The maximum atomic E-state index is 13.1. The van der Waals surface area contributed by atoms with Crippen molar-refractivity contribution in [1.82, 2.24) is 9.78 Å². The Labute approximate surface area is 137 Å². The third-order valence-corrected chi connectivity index (χ3v) is 4.45. The normalized spacial score (nSPS) is 16.9. The van der Waals surface area contributed by atoms with Crippen LogP contribution in [-0.2, 0) is 6.42 Å². The number of carbonyl (C=O) groups excluding carboxylic acids is 1. The zero-order valence-corrected chi connectivity index (χ0v) is 12.7. The number of benzene rings is 2. The van der Waals surface area contributed by atoms with Gasteiger partial charge in [0.1, 0.15) is 11.6 Å². The number of aromatic nitrogens is 2. The Morgan fingerprint density at radius 1 is 0.917 bits per heavy atom. The smallest absolute Gasteiger partial charge is 0.166 e. The van der Waals surface area contributed by atoms with Crippen molar-refractivity contribution in [2.45, 2.75) is 18.8 Å². The molecule has 0 fully saturated rings. The second kappa shape index (κ2) is 5.67. The van der Waals surface area contributed by atoms with Crippen molar-refractivity contribution in [2.24, 2.45) is 0 Å². The van der Waals surface area contributed by atoms with Crippen LogP contribution in [0, 0.1) is 11.6 Å². The van der Waals surface area contributed by atoms with Gasteiger partial charge in [0.05, 0.1) is 23.1 Å². The number of hydrogen-bond acceptors (Lipinski definition) is 2. The number of rotatable bonds is 2. The summed E-state index contributed by atoms with van der Waals surface area (Å²) in [6.07, 6.45) is 2.58. The lowest BCUT2D eigenvalue weighted by Crippen LogP contribution is -2.20. The van der Waals surface area contributed by atoms with Crippen LogP contribution in [0.3, 0.4) is 0 Å². The van der Waals surface area contributed by atoms with Gasteiger partial charge in [0.15, 0.2) is 5.78 Å². The minimum Gasteiger partial charge on any atom is -0.294 e. The molecule has 1 aliphatic rings. The van der Waals surface area contributed by atoms with Crippen LogP contribution in [0.2, 0.25) is 0 Å². The van der Waals surface area contributed by atoms with Crippen LogP contribution >= 0.6 is 0 Å². The molecule has 1 atom stereocenters. The molecule has 24 heavy (non-hydrogen) atoms. The number of halogens is 2. The summed E-state index contributed by atoms with van der Waals surface area (Å²) >= 11 is 0. The molecule has 0 N–H and O–H groups in total. The molecule has 1 aliphatic carbocycles. The zero-order chi connectivity index (χ0) is 16.7. The monoisotopic (exact) mass is 324 g/mol. The molecule has 0 bridgehead atoms. The van der Waals surface area contributed by atoms with E-state index in [-0.39, 0.29) is 23.3 Å². The van der Waals surface area contributed by atoms with Crippen LogP contribution in [0.1, 0.15) is 34.0 Å². The third-order valence-electron chi connectivity index (χ3n) is 4.45. The molecular weight excluding hydrogens is 310 g/mol. The van der Waals surface area contributed by atoms with E-state index in [4.69, 9.17) is 0 Å². The molecule has 1 aromatic heterocycles. The van der Waals surface area contributed by atoms with Crippen molar-refractivity contribution in [1.29, 1.82) is 0 Å². The number of hydrogen-bond donors (Lipinski definition) is 0. The van der Waals surface area contributed by atoms with Crippen LogP contribution in [0.5, 0.6) is 0 Å². The van der Waals surface area contributed by atoms with Gasteiger partial charge in [0.25, 0.3) is 0 Å². The molecule has 4 rings (SSSR count). The molecule has 0 saturated heterocycles. The predicted molar refractivity (Wildman–Crippen MR) is 85.3 cm³/mol. The first-order valence-electron chi connectivity index (χ1n) is 7.73. The number of fused-ring (bicyclic) bond motifs is 1. The second-order valence-electron chi connectivity index (χ2n) is 5.97. The van der Waals surface area contributed by atoms with E-state index < -0.39 is 0 Å². The standard InChI is InChI=1S/C19H14F2N2O/c20-14-3-1-12(2-4-14)13-9-18-17(19(24)10-13)11-22-23(18)16-7-5-15(21)6-8-16/h1-8,11,13H,9-10H2. The van der Waals surface area contributed by atoms with E-state index in [2.05, 4.69) is 5.10 Å². The molecule has 0 saturated carbocycles. The van der Waals surface area contributed by atoms with Gasteiger partial charge in [-0.05, 0) is 54.3 Å². The van der Waals surface area contributed by atoms with Gasteiger partial charge in [-0.2, -0.15) is 5.10 Å². The highest BCUT2D eigenvalue weighted by atomic mass is 19.1. The molecule has 0 radical (unpaired) electrons. The van der Waals surface area contributed by atoms with Gasteiger partial charge in [-0.1, -0.05) is 12.1 Å². The predicted octanol–water partition coefficient (Wildman–Crippen LogP) is 4.06. The summed E-state index contributed by atoms with van der Waals surface area (Å²) in [5.74, 6) is -0.599. The van der Waals surface area contributed by atoms with Crippen LogP contribution in [0.4, 0.5) is 8.78 Å². The topological polar surface area (TPSA) is 34.9 Å². The Hall–Kier alpha value is -2.82. The molecule has 5 heteroatoms. The molecule has 2 aromatic carbocycles. The number of ketones is 1. The average molecular weight is 324 g/mol. The molecule has 0 aliphatic heterocycles. The maximum Gasteiger partial charge on any atom is 0.166 e. The fourth-order valence-corrected chi connectivity index (χ4v) is 3.22. The molecule has 3 aromatic rings. The lowest BCUT2D eigenvalue weighted by Gasteiger charge is -2.23. The van der Waals surface area contributed by atoms with Crippen LogP contribution in [0.15, 0.2) is 54.7 Å². The lowest BCUT2D eigenvalue weighted by molar-refractivity contribution is 0.0963. The Kier molecular flexibility index (Phi) is 3.49. The summed E-state index contributed by atoms with van der Waals surface area (Å²) in [7, 11) is 0. The van der Waals surface area contributed by atoms with Crippen molar-refractivity contribution < 1.29 is 13.6 Å². The summed E-state index contributed by atoms with van der Waals surface area (Å²) in [5, 5.41) is 4.30. The van der Waals surface area contributed by atoms with Gasteiger partial charge >= 0.3 is 0 Å². The van der Waals surface area contributed by atoms with E-state index in [9.17, 15) is 13.6 Å². The minimum atomic E-state index is -0.319. The fraction of sp³-hybridized carbons (Fsp3) is 0.158. The first kappa shape index (κ1) is 14.8. The molecule has 0 amide bonds. The molecule has 120 valence electrons. The van der Waals surface area contributed by atoms with E-state index in [1.165, 1.54) is 24.3 Å². The largest absolute Gasteiger partial charge is 0.294 e. The van der Waals surface area contributed by atoms with Crippen LogP contribution in [0.25, 0.3) is 5.69 Å². The second-order valence-corrected chi connectivity index (χ2v) is 5.97. The van der Waals surface area contributed by atoms with Crippen molar-refractivity contribution in [3.05, 3.63) is 83.2 Å². The Bertz CT molecular complexity index is 898. The van der Waals surface area contributed by atoms with E-state index in [0.717, 1.165) is 11.3 Å². The Morgan fingerprint density at radius 2 is 1.54 bits per heavy atom. The maximum absolute atomic E-state index is 13.1. The first-order valence-corrected chi connectivity index (χ1v) is 7.73. The van der Waals surface area contributed by atoms with E-state index in [1.54, 1.807) is 35.1 Å². The highest BCUT2D eigenvalue weighted by Gasteiger charge is 2.30. The molecule has 3 nitrogen and oxygen atoms in total. The van der Waals surface area contributed by atoms with E-state index in [0.29, 0.717) is 24.1 Å². The highest BCUT2D eigenvalue weighted by Crippen LogP contribution is 2.33. The average Bonchev–Trinajstić information content (AvgIpc) is 3.01. The van der Waals surface area contributed by atoms with Gasteiger partial charge in [-0.25, -0.2) is 13.5 Å².